The van der Waals surface area contributed by atoms with Crippen LogP contribution in [0.4, 0.5) is 0 Å². The number of ether oxygens (including phenoxy) is 1. The molecule has 3 heterocycles. The van der Waals surface area contributed by atoms with E-state index in [1.165, 1.54) is 11.3 Å². The van der Waals surface area contributed by atoms with Crippen LogP contribution in [-0.2, 0) is 11.2 Å². The van der Waals surface area contributed by atoms with Crippen molar-refractivity contribution in [3.8, 4) is 5.75 Å². The highest BCUT2D eigenvalue weighted by Gasteiger charge is 2.38. The highest BCUT2D eigenvalue weighted by atomic mass is 32.1. The van der Waals surface area contributed by atoms with E-state index in [0.717, 1.165) is 56.4 Å². The summed E-state index contributed by atoms with van der Waals surface area (Å²) in [5.41, 5.74) is 2.83. The molecule has 2 aliphatic heterocycles. The molecule has 0 bridgehead atoms. The summed E-state index contributed by atoms with van der Waals surface area (Å²) >= 11 is 1.38. The van der Waals surface area contributed by atoms with Crippen LogP contribution in [0.2, 0.25) is 0 Å². The van der Waals surface area contributed by atoms with E-state index >= 15 is 0 Å². The van der Waals surface area contributed by atoms with Gasteiger partial charge in [-0.25, -0.2) is 0 Å². The van der Waals surface area contributed by atoms with Crippen LogP contribution in [-0.4, -0.2) is 58.9 Å². The second-order valence-corrected chi connectivity index (χ2v) is 8.67. The zero-order chi connectivity index (χ0) is 20.2. The molecular formula is C22H27N3O3S. The summed E-state index contributed by atoms with van der Waals surface area (Å²) in [6, 6.07) is 8.01. The van der Waals surface area contributed by atoms with E-state index in [9.17, 15) is 9.59 Å². The molecule has 154 valence electrons. The van der Waals surface area contributed by atoms with Crippen molar-refractivity contribution >= 4 is 23.2 Å². The van der Waals surface area contributed by atoms with Crippen LogP contribution in [0.3, 0.4) is 0 Å². The number of piperidine rings is 1. The molecule has 1 aromatic carbocycles. The molecule has 0 spiro atoms. The number of carbonyl (C=O) groups is 2. The minimum absolute atomic E-state index is 0.0198. The van der Waals surface area contributed by atoms with Crippen LogP contribution < -0.4 is 4.74 Å². The normalized spacial score (nSPS) is 23.3. The molecule has 0 aliphatic carbocycles. The molecule has 7 heteroatoms. The zero-order valence-corrected chi connectivity index (χ0v) is 17.6. The number of hydrogen-bond donors (Lipinski definition) is 0. The summed E-state index contributed by atoms with van der Waals surface area (Å²) in [4.78, 5) is 34.5. The van der Waals surface area contributed by atoms with Gasteiger partial charge in [0.25, 0.3) is 11.8 Å². The van der Waals surface area contributed by atoms with Gasteiger partial charge in [-0.3, -0.25) is 14.6 Å². The van der Waals surface area contributed by atoms with Crippen LogP contribution in [0.25, 0.3) is 0 Å². The second kappa shape index (κ2) is 8.95. The Labute approximate surface area is 175 Å². The number of aromatic nitrogens is 1. The Balaban J connectivity index is 1.58. The maximum atomic E-state index is 13.1. The highest BCUT2D eigenvalue weighted by Crippen LogP contribution is 2.29. The summed E-state index contributed by atoms with van der Waals surface area (Å²) in [5, 5.41) is 0. The fourth-order valence-corrected chi connectivity index (χ4v) is 5.07. The molecule has 1 aromatic heterocycles. The molecule has 2 atom stereocenters. The zero-order valence-electron chi connectivity index (χ0n) is 16.8. The molecule has 6 nitrogen and oxygen atoms in total. The summed E-state index contributed by atoms with van der Waals surface area (Å²) < 4.78 is 5.88. The van der Waals surface area contributed by atoms with Crippen LogP contribution >= 0.6 is 11.3 Å². The molecular weight excluding hydrogens is 386 g/mol. The van der Waals surface area contributed by atoms with Gasteiger partial charge in [-0.05, 0) is 43.7 Å². The van der Waals surface area contributed by atoms with Gasteiger partial charge in [-0.1, -0.05) is 24.6 Å². The van der Waals surface area contributed by atoms with Gasteiger partial charge in [-0.2, -0.15) is 0 Å². The molecule has 1 fully saturated rings. The third-order valence-corrected chi connectivity index (χ3v) is 6.82. The van der Waals surface area contributed by atoms with Crippen molar-refractivity contribution in [2.24, 2.45) is 0 Å². The molecule has 2 aliphatic rings. The van der Waals surface area contributed by atoms with Gasteiger partial charge >= 0.3 is 0 Å². The van der Waals surface area contributed by atoms with Gasteiger partial charge < -0.3 is 14.5 Å². The molecule has 1 saturated heterocycles. The van der Waals surface area contributed by atoms with Crippen molar-refractivity contribution < 1.29 is 14.3 Å². The van der Waals surface area contributed by atoms with Gasteiger partial charge in [0.05, 0.1) is 23.8 Å². The lowest BCUT2D eigenvalue weighted by Gasteiger charge is -2.45. The lowest BCUT2D eigenvalue weighted by molar-refractivity contribution is -0.136. The number of amides is 2. The average Bonchev–Trinajstić information content (AvgIpc) is 3.29. The average molecular weight is 414 g/mol. The van der Waals surface area contributed by atoms with Crippen molar-refractivity contribution in [2.75, 3.05) is 20.2 Å². The summed E-state index contributed by atoms with van der Waals surface area (Å²) in [5.74, 6) is 0.802. The number of aryl methyl sites for hydroxylation is 1. The van der Waals surface area contributed by atoms with Crippen LogP contribution in [0.15, 0.2) is 36.0 Å². The van der Waals surface area contributed by atoms with Crippen molar-refractivity contribution in [3.63, 3.8) is 0 Å². The molecule has 29 heavy (non-hydrogen) atoms. The monoisotopic (exact) mass is 413 g/mol. The Hall–Kier alpha value is -2.41. The number of fused-ring (bicyclic) bond motifs is 2. The molecule has 2 amide bonds. The Morgan fingerprint density at radius 1 is 1.17 bits per heavy atom. The predicted molar refractivity (Wildman–Crippen MR) is 112 cm³/mol. The number of nitrogens with zero attached hydrogens (tertiary/aromatic N) is 3. The number of likely N-dealkylation sites (N-methyl/N-ethyl adjacent to an activating group) is 1. The maximum Gasteiger partial charge on any atom is 0.265 e. The minimum atomic E-state index is -0.0394. The number of likely N-dealkylation sites (tertiary alicyclic amines) is 1. The Kier molecular flexibility index (Phi) is 6.13. The first-order valence-electron chi connectivity index (χ1n) is 10.3. The van der Waals surface area contributed by atoms with Crippen molar-refractivity contribution in [2.45, 2.75) is 50.6 Å². The Morgan fingerprint density at radius 2 is 2.00 bits per heavy atom. The Morgan fingerprint density at radius 3 is 2.83 bits per heavy atom. The van der Waals surface area contributed by atoms with Crippen LogP contribution in [0.1, 0.15) is 47.3 Å². The van der Waals surface area contributed by atoms with Crippen molar-refractivity contribution in [1.82, 2.24) is 14.8 Å². The fourth-order valence-electron chi connectivity index (χ4n) is 4.50. The second-order valence-electron chi connectivity index (χ2n) is 7.79. The van der Waals surface area contributed by atoms with E-state index in [1.807, 2.05) is 30.1 Å². The quantitative estimate of drug-likeness (QED) is 0.719. The van der Waals surface area contributed by atoms with Gasteiger partial charge in [0.2, 0.25) is 0 Å². The fraction of sp³-hybridized carbons (Fsp3) is 0.500. The third kappa shape index (κ3) is 4.29. The molecule has 0 N–H and O–H groups in total. The first kappa shape index (κ1) is 19.9. The number of rotatable bonds is 1. The van der Waals surface area contributed by atoms with Gasteiger partial charge in [0.1, 0.15) is 10.6 Å². The van der Waals surface area contributed by atoms with Crippen molar-refractivity contribution in [1.29, 1.82) is 0 Å². The van der Waals surface area contributed by atoms with Gasteiger partial charge in [0, 0.05) is 13.6 Å². The van der Waals surface area contributed by atoms with Gasteiger partial charge in [0.15, 0.2) is 6.61 Å². The number of carbonyl (C=O) groups excluding carboxylic acids is 2. The third-order valence-electron chi connectivity index (χ3n) is 6.06. The van der Waals surface area contributed by atoms with Crippen LogP contribution in [0.5, 0.6) is 5.75 Å². The van der Waals surface area contributed by atoms with E-state index in [0.29, 0.717) is 4.88 Å². The molecule has 2 aromatic rings. The van der Waals surface area contributed by atoms with Gasteiger partial charge in [-0.15, -0.1) is 11.3 Å². The van der Waals surface area contributed by atoms with Crippen LogP contribution in [0, 0.1) is 0 Å². The SMILES string of the molecule is CN1C(=O)COc2ccccc2CCCC[C@@H]2[C@H]1CCCN2C(=O)c1cncs1. The summed E-state index contributed by atoms with van der Waals surface area (Å²) in [6.45, 7) is 0.763. The molecule has 0 radical (unpaired) electrons. The largest absolute Gasteiger partial charge is 0.483 e. The summed E-state index contributed by atoms with van der Waals surface area (Å²) in [6.07, 6.45) is 7.30. The number of benzene rings is 1. The maximum absolute atomic E-state index is 13.1. The molecule has 0 unspecified atom stereocenters. The lowest BCUT2D eigenvalue weighted by Crippen LogP contribution is -2.57. The predicted octanol–water partition coefficient (Wildman–Crippen LogP) is 3.38. The van der Waals surface area contributed by atoms with Crippen molar-refractivity contribution in [3.05, 3.63) is 46.4 Å². The van der Waals surface area contributed by atoms with E-state index < -0.39 is 0 Å². The topological polar surface area (TPSA) is 62.7 Å². The summed E-state index contributed by atoms with van der Waals surface area (Å²) in [7, 11) is 1.85. The number of para-hydroxylation sites is 1. The standard InChI is InChI=1S/C22H27N3O3S/c1-24-17-10-6-12-25(22(27)20-13-23-15-29-20)18(17)9-4-2-7-16-8-3-5-11-19(16)28-14-21(24)26/h3,5,8,11,13,15,17-18H,2,4,6-7,9-10,12,14H2,1H3/t17-,18-/m1/s1. The first-order chi connectivity index (χ1) is 14.1. The van der Waals surface area contributed by atoms with E-state index in [4.69, 9.17) is 4.74 Å². The first-order valence-corrected chi connectivity index (χ1v) is 11.2. The highest BCUT2D eigenvalue weighted by molar-refractivity contribution is 7.11. The smallest absolute Gasteiger partial charge is 0.265 e. The number of hydrogen-bond acceptors (Lipinski definition) is 5. The van der Waals surface area contributed by atoms with E-state index in [2.05, 4.69) is 11.1 Å². The lowest BCUT2D eigenvalue weighted by atomic mass is 9.90. The molecule has 0 saturated carbocycles. The minimum Gasteiger partial charge on any atom is -0.483 e. The molecule has 4 rings (SSSR count). The van der Waals surface area contributed by atoms with E-state index in [1.54, 1.807) is 16.6 Å². The van der Waals surface area contributed by atoms with E-state index in [-0.39, 0.29) is 30.5 Å². The Bertz CT molecular complexity index is 855. The number of thiazole rings is 1.